The van der Waals surface area contributed by atoms with Crippen LogP contribution in [-0.2, 0) is 20.7 Å². The smallest absolute Gasteiger partial charge is 0.408 e. The van der Waals surface area contributed by atoms with Crippen LogP contribution in [0, 0.1) is 26.2 Å². The van der Waals surface area contributed by atoms with Gasteiger partial charge in [0.15, 0.2) is 0 Å². The molecule has 0 aliphatic carbocycles. The first-order valence-corrected chi connectivity index (χ1v) is 15.1. The van der Waals surface area contributed by atoms with Crippen molar-refractivity contribution in [2.75, 3.05) is 5.32 Å². The highest BCUT2D eigenvalue weighted by atomic mass is 16.6. The van der Waals surface area contributed by atoms with Gasteiger partial charge < -0.3 is 25.4 Å². The molecule has 3 aromatic rings. The number of para-hydroxylation sites is 1. The number of phenolic OH excluding ortho intramolecular Hbond substituents is 1. The van der Waals surface area contributed by atoms with Gasteiger partial charge in [-0.2, -0.15) is 0 Å². The van der Waals surface area contributed by atoms with Gasteiger partial charge in [-0.1, -0.05) is 55.3 Å². The van der Waals surface area contributed by atoms with Crippen molar-refractivity contribution in [2.45, 2.75) is 91.5 Å². The molecule has 3 N–H and O–H groups in total. The number of aryl methyl sites for hydroxylation is 2. The highest BCUT2D eigenvalue weighted by Crippen LogP contribution is 2.34. The van der Waals surface area contributed by atoms with Gasteiger partial charge in [0, 0.05) is 23.2 Å². The molecule has 8 heteroatoms. The lowest BCUT2D eigenvalue weighted by Crippen LogP contribution is -2.59. The number of ether oxygens (including phenoxy) is 1. The van der Waals surface area contributed by atoms with Crippen molar-refractivity contribution in [1.29, 1.82) is 0 Å². The van der Waals surface area contributed by atoms with Crippen molar-refractivity contribution in [3.63, 3.8) is 0 Å². The van der Waals surface area contributed by atoms with Crippen LogP contribution in [0.1, 0.15) is 81.8 Å². The number of carbonyl (C=O) groups excluding carboxylic acids is 3. The summed E-state index contributed by atoms with van der Waals surface area (Å²) in [4.78, 5) is 43.9. The minimum atomic E-state index is -1.10. The fourth-order valence-electron chi connectivity index (χ4n) is 5.01. The van der Waals surface area contributed by atoms with E-state index in [1.165, 1.54) is 12.1 Å². The summed E-state index contributed by atoms with van der Waals surface area (Å²) in [5.74, 6) is 1.80. The van der Waals surface area contributed by atoms with Crippen molar-refractivity contribution >= 4 is 23.6 Å². The monoisotopic (exact) mass is 611 g/mol. The van der Waals surface area contributed by atoms with Gasteiger partial charge in [-0.05, 0) is 101 Å². The summed E-state index contributed by atoms with van der Waals surface area (Å²) in [7, 11) is 0. The maximum absolute atomic E-state index is 14.8. The van der Waals surface area contributed by atoms with E-state index >= 15 is 0 Å². The van der Waals surface area contributed by atoms with Gasteiger partial charge in [0.1, 0.15) is 23.4 Å². The van der Waals surface area contributed by atoms with Gasteiger partial charge in [-0.25, -0.2) is 4.79 Å². The van der Waals surface area contributed by atoms with Crippen LogP contribution in [0.25, 0.3) is 0 Å². The Hall–Kier alpha value is -4.77. The lowest BCUT2D eigenvalue weighted by atomic mass is 9.90. The van der Waals surface area contributed by atoms with E-state index in [-0.39, 0.29) is 12.2 Å². The minimum absolute atomic E-state index is 0.0779. The zero-order valence-corrected chi connectivity index (χ0v) is 27.5. The lowest BCUT2D eigenvalue weighted by molar-refractivity contribution is -0.147. The van der Waals surface area contributed by atoms with E-state index in [1.54, 1.807) is 62.1 Å². The number of benzene rings is 3. The maximum Gasteiger partial charge on any atom is 0.408 e. The normalized spacial score (nSPS) is 12.8. The molecule has 45 heavy (non-hydrogen) atoms. The predicted molar refractivity (Wildman–Crippen MR) is 178 cm³/mol. The molecule has 0 spiro atoms. The van der Waals surface area contributed by atoms with Crippen LogP contribution in [0.5, 0.6) is 5.75 Å². The molecule has 0 radical (unpaired) electrons. The molecule has 3 aromatic carbocycles. The van der Waals surface area contributed by atoms with Crippen LogP contribution in [0.15, 0.2) is 66.7 Å². The zero-order chi connectivity index (χ0) is 33.5. The Bertz CT molecular complexity index is 1530. The van der Waals surface area contributed by atoms with Crippen molar-refractivity contribution in [3.8, 4) is 18.1 Å². The quantitative estimate of drug-likeness (QED) is 0.218. The number of anilines is 1. The van der Waals surface area contributed by atoms with Crippen LogP contribution >= 0.6 is 0 Å². The van der Waals surface area contributed by atoms with E-state index in [0.29, 0.717) is 28.8 Å². The molecule has 2 atom stereocenters. The SMILES string of the molecule is C#Cc1ccc(C(C(=O)Nc2c(C)cccc2C)N(C(=O)C(Cc2ccc(O)cc2)NC(=O)OC(C)(C)C)C(C)(C)CC)cc1. The van der Waals surface area contributed by atoms with Crippen molar-refractivity contribution in [3.05, 3.63) is 94.5 Å². The largest absolute Gasteiger partial charge is 0.508 e. The second-order valence-electron chi connectivity index (χ2n) is 12.9. The average Bonchev–Trinajstić information content (AvgIpc) is 2.97. The topological polar surface area (TPSA) is 108 Å². The number of hydrogen-bond donors (Lipinski definition) is 3. The van der Waals surface area contributed by atoms with Gasteiger partial charge >= 0.3 is 6.09 Å². The number of aromatic hydroxyl groups is 1. The summed E-state index contributed by atoms with van der Waals surface area (Å²) in [5, 5.41) is 15.7. The Morgan fingerprint density at radius 2 is 1.51 bits per heavy atom. The lowest BCUT2D eigenvalue weighted by Gasteiger charge is -2.44. The molecule has 0 saturated heterocycles. The summed E-state index contributed by atoms with van der Waals surface area (Å²) in [6.07, 6.45) is 5.46. The number of phenols is 1. The van der Waals surface area contributed by atoms with Gasteiger partial charge in [0.05, 0.1) is 0 Å². The number of nitrogens with zero attached hydrogens (tertiary/aromatic N) is 1. The second kappa shape index (κ2) is 14.3. The Labute approximate surface area is 267 Å². The van der Waals surface area contributed by atoms with Crippen LogP contribution in [0.2, 0.25) is 0 Å². The summed E-state index contributed by atoms with van der Waals surface area (Å²) < 4.78 is 5.53. The number of alkyl carbamates (subject to hydrolysis) is 1. The Kier molecular flexibility index (Phi) is 11.1. The molecule has 0 bridgehead atoms. The number of nitrogens with one attached hydrogen (secondary N) is 2. The van der Waals surface area contributed by atoms with Crippen molar-refractivity contribution in [1.82, 2.24) is 10.2 Å². The molecule has 238 valence electrons. The molecule has 3 rings (SSSR count). The summed E-state index contributed by atoms with van der Waals surface area (Å²) in [6, 6.07) is 17.0. The second-order valence-corrected chi connectivity index (χ2v) is 12.9. The number of rotatable bonds is 10. The first-order valence-electron chi connectivity index (χ1n) is 15.1. The van der Waals surface area contributed by atoms with E-state index < -0.39 is 41.1 Å². The van der Waals surface area contributed by atoms with Gasteiger partial charge in [0.25, 0.3) is 5.91 Å². The van der Waals surface area contributed by atoms with E-state index in [2.05, 4.69) is 16.6 Å². The molecule has 0 aliphatic rings. The van der Waals surface area contributed by atoms with Crippen LogP contribution in [0.3, 0.4) is 0 Å². The Morgan fingerprint density at radius 1 is 0.933 bits per heavy atom. The first-order chi connectivity index (χ1) is 21.1. The number of terminal acetylenes is 1. The van der Waals surface area contributed by atoms with E-state index in [9.17, 15) is 19.5 Å². The van der Waals surface area contributed by atoms with E-state index in [4.69, 9.17) is 11.2 Å². The fourth-order valence-corrected chi connectivity index (χ4v) is 5.01. The molecular formula is C37H45N3O5. The molecule has 0 fully saturated rings. The third-order valence-electron chi connectivity index (χ3n) is 7.75. The summed E-state index contributed by atoms with van der Waals surface area (Å²) in [5.41, 5.74) is 2.70. The molecule has 0 aliphatic heterocycles. The van der Waals surface area contributed by atoms with Crippen molar-refractivity contribution < 1.29 is 24.2 Å². The van der Waals surface area contributed by atoms with E-state index in [1.807, 2.05) is 52.8 Å². The maximum atomic E-state index is 14.8. The van der Waals surface area contributed by atoms with Crippen LogP contribution in [-0.4, -0.2) is 45.1 Å². The molecule has 0 saturated carbocycles. The molecule has 8 nitrogen and oxygen atoms in total. The highest BCUT2D eigenvalue weighted by Gasteiger charge is 2.43. The van der Waals surface area contributed by atoms with Gasteiger partial charge in [-0.3, -0.25) is 9.59 Å². The zero-order valence-electron chi connectivity index (χ0n) is 27.5. The molecule has 0 heterocycles. The molecule has 0 aromatic heterocycles. The number of amides is 3. The van der Waals surface area contributed by atoms with Crippen molar-refractivity contribution in [2.24, 2.45) is 0 Å². The Morgan fingerprint density at radius 3 is 2.02 bits per heavy atom. The van der Waals surface area contributed by atoms with Crippen LogP contribution in [0.4, 0.5) is 10.5 Å². The average molecular weight is 612 g/mol. The first kappa shape index (κ1) is 34.7. The standard InChI is InChI=1S/C37H45N3O5/c1-10-26-15-19-28(20-16-26)32(33(42)39-31-24(3)13-12-14-25(31)4)40(37(8,9)11-2)34(43)30(38-35(44)45-36(5,6)7)23-27-17-21-29(41)22-18-27/h1,12-22,30,32,41H,11,23H2,2-9H3,(H,38,44)(H,39,42). The summed E-state index contributed by atoms with van der Waals surface area (Å²) >= 11 is 0. The molecule has 3 amide bonds. The number of hydrogen-bond acceptors (Lipinski definition) is 5. The van der Waals surface area contributed by atoms with Gasteiger partial charge in [0.2, 0.25) is 5.91 Å². The van der Waals surface area contributed by atoms with Crippen LogP contribution < -0.4 is 10.6 Å². The third-order valence-corrected chi connectivity index (χ3v) is 7.75. The van der Waals surface area contributed by atoms with E-state index in [0.717, 1.165) is 11.1 Å². The minimum Gasteiger partial charge on any atom is -0.508 e. The molecular weight excluding hydrogens is 566 g/mol. The Balaban J connectivity index is 2.18. The molecule has 2 unspecified atom stereocenters. The van der Waals surface area contributed by atoms with Gasteiger partial charge in [-0.15, -0.1) is 6.42 Å². The highest BCUT2D eigenvalue weighted by molar-refractivity contribution is 6.00. The fraction of sp³-hybridized carbons (Fsp3) is 0.378. The number of carbonyl (C=O) groups is 3. The summed E-state index contributed by atoms with van der Waals surface area (Å²) in [6.45, 7) is 14.8. The third kappa shape index (κ3) is 9.12. The predicted octanol–water partition coefficient (Wildman–Crippen LogP) is 6.82.